The van der Waals surface area contributed by atoms with Gasteiger partial charge in [-0.05, 0) is 79.4 Å². The first-order valence-corrected chi connectivity index (χ1v) is 12.0. The fourth-order valence-electron chi connectivity index (χ4n) is 4.13. The summed E-state index contributed by atoms with van der Waals surface area (Å²) < 4.78 is 22.8. The third-order valence-electron chi connectivity index (χ3n) is 5.87. The average molecular weight is 447 g/mol. The van der Waals surface area contributed by atoms with Crippen LogP contribution in [0.2, 0.25) is 0 Å². The standard InChI is InChI=1S/C24H34N2O4S/c1-16(27)17-8-9-18-15-24(20(19(18)14-17)25-31(29)23(5,6)7)10-12-26(13-11-24)21(28)30-22(2,3)4/h8-9,14H,10-13,15H2,1-7H3. The highest BCUT2D eigenvalue weighted by Crippen LogP contribution is 2.46. The van der Waals surface area contributed by atoms with Crippen LogP contribution in [0.5, 0.6) is 0 Å². The SMILES string of the molecule is CC(=O)c1ccc2c(c1)C(=N[S+]([O-])C(C)(C)C)C1(CCN(C(=O)OC(C)(C)C)CC1)C2. The summed E-state index contributed by atoms with van der Waals surface area (Å²) >= 11 is -1.41. The second-order valence-corrected chi connectivity index (χ2v) is 12.6. The number of benzene rings is 1. The van der Waals surface area contributed by atoms with Gasteiger partial charge in [0.05, 0.1) is 0 Å². The Morgan fingerprint density at radius 3 is 2.26 bits per heavy atom. The molecule has 7 heteroatoms. The summed E-state index contributed by atoms with van der Waals surface area (Å²) in [5, 5.41) is 0. The number of carbonyl (C=O) groups is 2. The molecule has 1 amide bonds. The van der Waals surface area contributed by atoms with E-state index >= 15 is 0 Å². The van der Waals surface area contributed by atoms with Crippen molar-refractivity contribution in [2.75, 3.05) is 13.1 Å². The van der Waals surface area contributed by atoms with Gasteiger partial charge in [-0.15, -0.1) is 0 Å². The van der Waals surface area contributed by atoms with Crippen LogP contribution in [0.3, 0.4) is 0 Å². The molecule has 0 saturated carbocycles. The minimum absolute atomic E-state index is 0.000196. The number of likely N-dealkylation sites (tertiary alicyclic amines) is 1. The number of piperidine rings is 1. The molecule has 1 fully saturated rings. The minimum atomic E-state index is -1.41. The van der Waals surface area contributed by atoms with E-state index in [1.165, 1.54) is 0 Å². The lowest BCUT2D eigenvalue weighted by Gasteiger charge is -2.39. The Kier molecular flexibility index (Phi) is 6.33. The molecular formula is C24H34N2O4S. The first kappa shape index (κ1) is 23.8. The predicted molar refractivity (Wildman–Crippen MR) is 124 cm³/mol. The van der Waals surface area contributed by atoms with Crippen LogP contribution in [0.15, 0.2) is 22.6 Å². The fourth-order valence-corrected chi connectivity index (χ4v) is 4.86. The molecule has 170 valence electrons. The van der Waals surface area contributed by atoms with Crippen molar-refractivity contribution in [3.8, 4) is 0 Å². The molecule has 0 radical (unpaired) electrons. The number of hydrogen-bond donors (Lipinski definition) is 0. The molecule has 1 saturated heterocycles. The summed E-state index contributed by atoms with van der Waals surface area (Å²) in [5.41, 5.74) is 2.70. The van der Waals surface area contributed by atoms with E-state index in [0.717, 1.165) is 36.1 Å². The number of fused-ring (bicyclic) bond motifs is 1. The number of ketones is 1. The molecule has 31 heavy (non-hydrogen) atoms. The van der Waals surface area contributed by atoms with Gasteiger partial charge in [-0.3, -0.25) is 4.79 Å². The number of ether oxygens (including phenoxy) is 1. The van der Waals surface area contributed by atoms with Crippen LogP contribution >= 0.6 is 0 Å². The Morgan fingerprint density at radius 1 is 1.13 bits per heavy atom. The molecule has 1 aliphatic heterocycles. The van der Waals surface area contributed by atoms with E-state index in [0.29, 0.717) is 18.7 Å². The molecule has 2 aliphatic rings. The van der Waals surface area contributed by atoms with Crippen LogP contribution in [0.25, 0.3) is 0 Å². The molecule has 0 aromatic heterocycles. The van der Waals surface area contributed by atoms with Gasteiger partial charge in [0.15, 0.2) is 5.78 Å². The quantitative estimate of drug-likeness (QED) is 0.486. The van der Waals surface area contributed by atoms with Crippen molar-refractivity contribution < 1.29 is 18.9 Å². The lowest BCUT2D eigenvalue weighted by molar-refractivity contribution is 0.0159. The van der Waals surface area contributed by atoms with E-state index in [-0.39, 0.29) is 17.3 Å². The number of nitrogens with zero attached hydrogens (tertiary/aromatic N) is 2. The molecule has 1 heterocycles. The van der Waals surface area contributed by atoms with E-state index in [1.807, 2.05) is 59.7 Å². The van der Waals surface area contributed by atoms with Crippen LogP contribution < -0.4 is 0 Å². The van der Waals surface area contributed by atoms with Crippen molar-refractivity contribution in [1.82, 2.24) is 4.90 Å². The topological polar surface area (TPSA) is 82.0 Å². The third kappa shape index (κ3) is 5.14. The first-order chi connectivity index (χ1) is 14.2. The second kappa shape index (κ2) is 8.24. The zero-order valence-corrected chi connectivity index (χ0v) is 20.5. The number of amides is 1. The van der Waals surface area contributed by atoms with Gasteiger partial charge < -0.3 is 14.2 Å². The summed E-state index contributed by atoms with van der Waals surface area (Å²) in [4.78, 5) is 26.3. The molecule has 1 unspecified atom stereocenters. The van der Waals surface area contributed by atoms with Crippen LogP contribution in [-0.2, 0) is 22.5 Å². The van der Waals surface area contributed by atoms with Gasteiger partial charge in [0.1, 0.15) is 27.4 Å². The van der Waals surface area contributed by atoms with Gasteiger partial charge in [-0.1, -0.05) is 16.5 Å². The summed E-state index contributed by atoms with van der Waals surface area (Å²) in [6.07, 6.45) is 1.92. The lowest BCUT2D eigenvalue weighted by atomic mass is 9.74. The van der Waals surface area contributed by atoms with E-state index in [9.17, 15) is 14.1 Å². The molecule has 1 spiro atoms. The highest BCUT2D eigenvalue weighted by molar-refractivity contribution is 7.91. The van der Waals surface area contributed by atoms with Gasteiger partial charge in [0.25, 0.3) is 0 Å². The number of Topliss-reactive ketones (excluding diaryl/α,β-unsaturated/α-hetero) is 1. The van der Waals surface area contributed by atoms with Crippen molar-refractivity contribution in [1.29, 1.82) is 0 Å². The molecule has 1 aromatic carbocycles. The molecular weight excluding hydrogens is 412 g/mol. The normalized spacial score (nSPS) is 20.6. The summed E-state index contributed by atoms with van der Waals surface area (Å²) in [6, 6.07) is 5.75. The van der Waals surface area contributed by atoms with Crippen LogP contribution in [-0.4, -0.2) is 50.5 Å². The van der Waals surface area contributed by atoms with Crippen molar-refractivity contribution in [3.05, 3.63) is 34.9 Å². The van der Waals surface area contributed by atoms with E-state index in [2.05, 4.69) is 0 Å². The maximum Gasteiger partial charge on any atom is 0.410 e. The van der Waals surface area contributed by atoms with Crippen LogP contribution in [0.1, 0.15) is 82.8 Å². The zero-order chi connectivity index (χ0) is 23.2. The van der Waals surface area contributed by atoms with Crippen LogP contribution in [0.4, 0.5) is 4.79 Å². The van der Waals surface area contributed by atoms with Gasteiger partial charge in [0, 0.05) is 29.6 Å². The second-order valence-electron chi connectivity index (χ2n) is 10.7. The van der Waals surface area contributed by atoms with E-state index in [1.54, 1.807) is 11.8 Å². The maximum atomic E-state index is 13.0. The fraction of sp³-hybridized carbons (Fsp3) is 0.625. The van der Waals surface area contributed by atoms with Crippen molar-refractivity contribution >= 4 is 29.0 Å². The Balaban J connectivity index is 1.93. The Morgan fingerprint density at radius 2 is 1.74 bits per heavy atom. The van der Waals surface area contributed by atoms with Gasteiger partial charge in [-0.2, -0.15) is 0 Å². The Bertz CT molecular complexity index is 903. The highest BCUT2D eigenvalue weighted by Gasteiger charge is 2.48. The van der Waals surface area contributed by atoms with Crippen molar-refractivity contribution in [2.45, 2.75) is 78.1 Å². The number of carbonyl (C=O) groups excluding carboxylic acids is 2. The summed E-state index contributed by atoms with van der Waals surface area (Å²) in [6.45, 7) is 14.0. The zero-order valence-electron chi connectivity index (χ0n) is 19.7. The molecule has 1 atom stereocenters. The smallest absolute Gasteiger partial charge is 0.410 e. The predicted octanol–water partition coefficient (Wildman–Crippen LogP) is 4.71. The Hall–Kier alpha value is -1.86. The summed E-state index contributed by atoms with van der Waals surface area (Å²) in [7, 11) is 0. The molecule has 6 nitrogen and oxygen atoms in total. The third-order valence-corrected chi connectivity index (χ3v) is 7.27. The Labute approximate surface area is 188 Å². The van der Waals surface area contributed by atoms with Crippen LogP contribution in [0, 0.1) is 5.41 Å². The van der Waals surface area contributed by atoms with Gasteiger partial charge in [0.2, 0.25) is 0 Å². The van der Waals surface area contributed by atoms with Gasteiger partial charge in [-0.25, -0.2) is 4.79 Å². The molecule has 0 bridgehead atoms. The maximum absolute atomic E-state index is 13.0. The molecule has 1 aliphatic carbocycles. The molecule has 0 N–H and O–H groups in total. The average Bonchev–Trinajstić information content (AvgIpc) is 2.92. The largest absolute Gasteiger partial charge is 0.591 e. The lowest BCUT2D eigenvalue weighted by Crippen LogP contribution is -2.47. The molecule has 3 rings (SSSR count). The first-order valence-electron chi connectivity index (χ1n) is 10.9. The molecule has 1 aromatic rings. The monoisotopic (exact) mass is 446 g/mol. The number of rotatable bonds is 2. The number of hydrogen-bond acceptors (Lipinski definition) is 5. The van der Waals surface area contributed by atoms with E-state index in [4.69, 9.17) is 9.13 Å². The van der Waals surface area contributed by atoms with Crippen molar-refractivity contribution in [3.63, 3.8) is 0 Å². The van der Waals surface area contributed by atoms with Gasteiger partial charge >= 0.3 is 6.09 Å². The van der Waals surface area contributed by atoms with Crippen molar-refractivity contribution in [2.24, 2.45) is 9.81 Å². The summed E-state index contributed by atoms with van der Waals surface area (Å²) in [5.74, 6) is -0.000196. The highest BCUT2D eigenvalue weighted by atomic mass is 32.2. The van der Waals surface area contributed by atoms with E-state index < -0.39 is 21.7 Å². The minimum Gasteiger partial charge on any atom is -0.591 e.